The summed E-state index contributed by atoms with van der Waals surface area (Å²) in [4.78, 5) is 4.04. The van der Waals surface area contributed by atoms with E-state index in [1.165, 1.54) is 6.33 Å². The summed E-state index contributed by atoms with van der Waals surface area (Å²) < 4.78 is 7.02. The van der Waals surface area contributed by atoms with Crippen molar-refractivity contribution in [2.24, 2.45) is 5.73 Å². The highest BCUT2D eigenvalue weighted by atomic mass is 16.5. The van der Waals surface area contributed by atoms with Crippen molar-refractivity contribution in [1.29, 1.82) is 0 Å². The lowest BCUT2D eigenvalue weighted by atomic mass is 10.6. The average molecular weight is 170 g/mol. The lowest BCUT2D eigenvalue weighted by molar-refractivity contribution is 0.119. The summed E-state index contributed by atoms with van der Waals surface area (Å²) in [5.74, 6) is 0.853. The molecule has 0 bridgehead atoms. The maximum absolute atomic E-state index is 5.27. The fourth-order valence-electron chi connectivity index (χ4n) is 0.911. The Labute approximate surface area is 71.5 Å². The highest BCUT2D eigenvalue weighted by Gasteiger charge is 2.00. The first-order valence-electron chi connectivity index (χ1n) is 4.03. The highest BCUT2D eigenvalue weighted by molar-refractivity contribution is 4.80. The largest absolute Gasteiger partial charge is 0.372 e. The molecule has 12 heavy (non-hydrogen) atoms. The van der Waals surface area contributed by atoms with Crippen LogP contribution in [-0.4, -0.2) is 27.9 Å². The molecule has 0 saturated heterocycles. The average Bonchev–Trinajstić information content (AvgIpc) is 2.52. The van der Waals surface area contributed by atoms with E-state index in [2.05, 4.69) is 10.1 Å². The Bertz CT molecular complexity index is 223. The Morgan fingerprint density at radius 1 is 1.67 bits per heavy atom. The predicted molar refractivity (Wildman–Crippen MR) is 44.4 cm³/mol. The first-order valence-corrected chi connectivity index (χ1v) is 4.03. The molecule has 5 nitrogen and oxygen atoms in total. The summed E-state index contributed by atoms with van der Waals surface area (Å²) in [5.41, 5.74) is 5.27. The van der Waals surface area contributed by atoms with Crippen LogP contribution < -0.4 is 5.73 Å². The monoisotopic (exact) mass is 170 g/mol. The van der Waals surface area contributed by atoms with Crippen LogP contribution in [0.4, 0.5) is 0 Å². The summed E-state index contributed by atoms with van der Waals surface area (Å²) in [6, 6.07) is 0. The van der Waals surface area contributed by atoms with E-state index in [1.807, 2.05) is 6.92 Å². The van der Waals surface area contributed by atoms with Gasteiger partial charge >= 0.3 is 0 Å². The molecule has 1 rings (SSSR count). The van der Waals surface area contributed by atoms with Crippen LogP contribution in [0.3, 0.4) is 0 Å². The van der Waals surface area contributed by atoms with Crippen LogP contribution in [0.15, 0.2) is 6.33 Å². The molecule has 0 amide bonds. The minimum absolute atomic E-state index is 0.491. The third-order valence-electron chi connectivity index (χ3n) is 1.49. The van der Waals surface area contributed by atoms with E-state index in [9.17, 15) is 0 Å². The third-order valence-corrected chi connectivity index (χ3v) is 1.49. The van der Waals surface area contributed by atoms with Crippen molar-refractivity contribution in [3.8, 4) is 0 Å². The van der Waals surface area contributed by atoms with Gasteiger partial charge in [-0.1, -0.05) is 0 Å². The molecular formula is C7H14N4O. The standard InChI is InChI=1S/C7H14N4O/c1-2-11-7(9-6-10-11)5-12-4-3-8/h6H,2-5,8H2,1H3. The zero-order valence-corrected chi connectivity index (χ0v) is 7.23. The number of nitrogens with zero attached hydrogens (tertiary/aromatic N) is 3. The van der Waals surface area contributed by atoms with E-state index in [4.69, 9.17) is 10.5 Å². The first kappa shape index (κ1) is 9.15. The second-order valence-corrected chi connectivity index (χ2v) is 2.33. The Morgan fingerprint density at radius 2 is 2.50 bits per heavy atom. The van der Waals surface area contributed by atoms with E-state index < -0.39 is 0 Å². The second-order valence-electron chi connectivity index (χ2n) is 2.33. The SMILES string of the molecule is CCn1ncnc1COCCN. The quantitative estimate of drug-likeness (QED) is 0.620. The Kier molecular flexibility index (Phi) is 3.69. The molecule has 0 unspecified atom stereocenters. The number of rotatable bonds is 5. The predicted octanol–water partition coefficient (Wildman–Crippen LogP) is -0.227. The molecule has 0 radical (unpaired) electrons. The molecule has 0 saturated carbocycles. The van der Waals surface area contributed by atoms with Crippen molar-refractivity contribution < 1.29 is 4.74 Å². The summed E-state index contributed by atoms with van der Waals surface area (Å²) >= 11 is 0. The van der Waals surface area contributed by atoms with Crippen molar-refractivity contribution in [3.05, 3.63) is 12.2 Å². The minimum atomic E-state index is 0.491. The third kappa shape index (κ3) is 2.28. The molecule has 2 N–H and O–H groups in total. The maximum atomic E-state index is 5.27. The van der Waals surface area contributed by atoms with Crippen molar-refractivity contribution in [2.75, 3.05) is 13.2 Å². The number of hydrogen-bond acceptors (Lipinski definition) is 4. The van der Waals surface area contributed by atoms with Gasteiger partial charge in [-0.2, -0.15) is 5.10 Å². The Morgan fingerprint density at radius 3 is 3.17 bits per heavy atom. The van der Waals surface area contributed by atoms with Gasteiger partial charge in [0.25, 0.3) is 0 Å². The van der Waals surface area contributed by atoms with E-state index in [0.717, 1.165) is 12.4 Å². The van der Waals surface area contributed by atoms with E-state index in [-0.39, 0.29) is 0 Å². The smallest absolute Gasteiger partial charge is 0.152 e. The Hall–Kier alpha value is -0.940. The minimum Gasteiger partial charge on any atom is -0.372 e. The molecule has 0 aliphatic carbocycles. The number of aryl methyl sites for hydroxylation is 1. The second kappa shape index (κ2) is 4.84. The topological polar surface area (TPSA) is 66.0 Å². The zero-order valence-electron chi connectivity index (χ0n) is 7.23. The molecule has 0 fully saturated rings. The van der Waals surface area contributed by atoms with E-state index in [1.54, 1.807) is 4.68 Å². The molecule has 1 aromatic heterocycles. The van der Waals surface area contributed by atoms with Crippen LogP contribution in [-0.2, 0) is 17.9 Å². The number of ether oxygens (including phenoxy) is 1. The number of nitrogens with two attached hydrogens (primary N) is 1. The first-order chi connectivity index (χ1) is 5.88. The lowest BCUT2D eigenvalue weighted by Crippen LogP contribution is -2.11. The molecule has 0 aliphatic rings. The van der Waals surface area contributed by atoms with Crippen molar-refractivity contribution in [3.63, 3.8) is 0 Å². The summed E-state index contributed by atoms with van der Waals surface area (Å²) in [6.07, 6.45) is 1.53. The van der Waals surface area contributed by atoms with Crippen molar-refractivity contribution in [2.45, 2.75) is 20.1 Å². The molecule has 1 aromatic rings. The zero-order chi connectivity index (χ0) is 8.81. The van der Waals surface area contributed by atoms with Gasteiger partial charge in [0.1, 0.15) is 12.9 Å². The van der Waals surface area contributed by atoms with Gasteiger partial charge in [-0.3, -0.25) is 0 Å². The highest BCUT2D eigenvalue weighted by Crippen LogP contribution is 1.95. The van der Waals surface area contributed by atoms with Gasteiger partial charge in [-0.05, 0) is 6.92 Å². The van der Waals surface area contributed by atoms with Crippen LogP contribution >= 0.6 is 0 Å². The number of hydrogen-bond donors (Lipinski definition) is 1. The molecule has 5 heteroatoms. The normalized spacial score (nSPS) is 10.5. The van der Waals surface area contributed by atoms with E-state index >= 15 is 0 Å². The van der Waals surface area contributed by atoms with Crippen LogP contribution in [0, 0.1) is 0 Å². The molecule has 0 aliphatic heterocycles. The van der Waals surface area contributed by atoms with Gasteiger partial charge in [0.2, 0.25) is 0 Å². The van der Waals surface area contributed by atoms with Gasteiger partial charge in [0.05, 0.1) is 6.61 Å². The van der Waals surface area contributed by atoms with Gasteiger partial charge in [0.15, 0.2) is 5.82 Å². The van der Waals surface area contributed by atoms with Gasteiger partial charge in [-0.15, -0.1) is 0 Å². The van der Waals surface area contributed by atoms with Crippen LogP contribution in [0.1, 0.15) is 12.7 Å². The van der Waals surface area contributed by atoms with Crippen LogP contribution in [0.2, 0.25) is 0 Å². The molecule has 1 heterocycles. The van der Waals surface area contributed by atoms with Crippen molar-refractivity contribution >= 4 is 0 Å². The van der Waals surface area contributed by atoms with Crippen LogP contribution in [0.25, 0.3) is 0 Å². The summed E-state index contributed by atoms with van der Waals surface area (Å²) in [5, 5.41) is 4.01. The maximum Gasteiger partial charge on any atom is 0.152 e. The van der Waals surface area contributed by atoms with Crippen LogP contribution in [0.5, 0.6) is 0 Å². The molecule has 68 valence electrons. The van der Waals surface area contributed by atoms with Gasteiger partial charge in [0, 0.05) is 13.1 Å². The van der Waals surface area contributed by atoms with E-state index in [0.29, 0.717) is 19.8 Å². The fraction of sp³-hybridized carbons (Fsp3) is 0.714. The summed E-state index contributed by atoms with van der Waals surface area (Å²) in [6.45, 7) is 4.43. The molecular weight excluding hydrogens is 156 g/mol. The van der Waals surface area contributed by atoms with Crippen molar-refractivity contribution in [1.82, 2.24) is 14.8 Å². The summed E-state index contributed by atoms with van der Waals surface area (Å²) in [7, 11) is 0. The molecule has 0 spiro atoms. The van der Waals surface area contributed by atoms with Gasteiger partial charge < -0.3 is 10.5 Å². The number of aromatic nitrogens is 3. The lowest BCUT2D eigenvalue weighted by Gasteiger charge is -2.02. The Balaban J connectivity index is 2.39. The fourth-order valence-corrected chi connectivity index (χ4v) is 0.911. The molecule has 0 atom stereocenters. The molecule has 0 aromatic carbocycles. The van der Waals surface area contributed by atoms with Gasteiger partial charge in [-0.25, -0.2) is 9.67 Å².